The third-order valence-corrected chi connectivity index (χ3v) is 2.21. The summed E-state index contributed by atoms with van der Waals surface area (Å²) in [7, 11) is 1.52. The summed E-state index contributed by atoms with van der Waals surface area (Å²) in [6.07, 6.45) is 0. The van der Waals surface area contributed by atoms with Gasteiger partial charge in [0.15, 0.2) is 5.69 Å². The van der Waals surface area contributed by atoms with Gasteiger partial charge in [-0.1, -0.05) is 0 Å². The van der Waals surface area contributed by atoms with Crippen LogP contribution in [0.4, 0.5) is 0 Å². The predicted molar refractivity (Wildman–Crippen MR) is 60.0 cm³/mol. The summed E-state index contributed by atoms with van der Waals surface area (Å²) in [5.74, 6) is -0.535. The van der Waals surface area contributed by atoms with Crippen LogP contribution in [0.1, 0.15) is 17.4 Å². The van der Waals surface area contributed by atoms with Gasteiger partial charge < -0.3 is 4.74 Å². The van der Waals surface area contributed by atoms with Crippen molar-refractivity contribution in [3.8, 4) is 0 Å². The van der Waals surface area contributed by atoms with Gasteiger partial charge in [-0.3, -0.25) is 14.6 Å². The van der Waals surface area contributed by atoms with E-state index in [4.69, 9.17) is 4.74 Å². The Bertz CT molecular complexity index is 383. The molecule has 0 saturated heterocycles. The number of hydrogen-bond acceptors (Lipinski definition) is 3. The van der Waals surface area contributed by atoms with Crippen LogP contribution in [0.5, 0.6) is 0 Å². The van der Waals surface area contributed by atoms with Crippen LogP contribution >= 0.6 is 32.9 Å². The van der Waals surface area contributed by atoms with Crippen LogP contribution < -0.4 is 5.56 Å². The van der Waals surface area contributed by atoms with E-state index in [9.17, 15) is 9.59 Å². The molecule has 0 fully saturated rings. The molecule has 0 radical (unpaired) electrons. The molecule has 0 aliphatic carbocycles. The molecule has 1 heterocycles. The predicted octanol–water partition coefficient (Wildman–Crippen LogP) is 1.23. The van der Waals surface area contributed by atoms with Crippen LogP contribution in [0.2, 0.25) is 0 Å². The molecule has 0 amide bonds. The minimum atomic E-state index is -0.535. The largest absolute Gasteiger partial charge is 0.461 e. The van der Waals surface area contributed by atoms with E-state index in [0.29, 0.717) is 0 Å². The van der Waals surface area contributed by atoms with Crippen molar-refractivity contribution in [3.05, 3.63) is 20.5 Å². The van der Waals surface area contributed by atoms with Crippen molar-refractivity contribution in [2.75, 3.05) is 6.61 Å². The van der Waals surface area contributed by atoms with Crippen LogP contribution in [-0.2, 0) is 11.8 Å². The fraction of sp³-hybridized carbons (Fsp3) is 0.429. The maximum atomic E-state index is 11.2. The Balaban J connectivity index is 0.00000169. The number of aromatic nitrogens is 2. The topological polar surface area (TPSA) is 64.1 Å². The quantitative estimate of drug-likeness (QED) is 0.830. The average Bonchev–Trinajstić information content (AvgIpc) is 2.33. The molecule has 7 heteroatoms. The van der Waals surface area contributed by atoms with Crippen LogP contribution in [0.25, 0.3) is 0 Å². The van der Waals surface area contributed by atoms with E-state index >= 15 is 0 Å². The molecule has 1 aromatic rings. The third-order valence-electron chi connectivity index (χ3n) is 1.47. The second-order valence-corrected chi connectivity index (χ2v) is 3.18. The molecular weight excluding hydrogens is 320 g/mol. The molecule has 1 N–H and O–H groups in total. The number of ether oxygens (including phenoxy) is 1. The summed E-state index contributed by atoms with van der Waals surface area (Å²) in [5, 5.41) is 2.58. The number of nitrogens with one attached hydrogen (secondary N) is 1. The lowest BCUT2D eigenvalue weighted by Gasteiger charge is -1.97. The number of hydrogen-bond donors (Lipinski definition) is 1. The number of carbonyl (C=O) groups is 1. The van der Waals surface area contributed by atoms with E-state index < -0.39 is 5.97 Å². The molecule has 0 spiro atoms. The highest BCUT2D eigenvalue weighted by Crippen LogP contribution is 2.09. The Kier molecular flexibility index (Phi) is 5.14. The smallest absolute Gasteiger partial charge is 0.357 e. The zero-order valence-electron chi connectivity index (χ0n) is 7.67. The molecule has 0 atom stereocenters. The Labute approximate surface area is 99.3 Å². The minimum absolute atomic E-state index is 0. The highest BCUT2D eigenvalue weighted by molar-refractivity contribution is 9.10. The Hall–Kier alpha value is -0.560. The van der Waals surface area contributed by atoms with Gasteiger partial charge in [-0.15, -0.1) is 17.0 Å². The number of aromatic amines is 1. The molecule has 0 bridgehead atoms. The van der Waals surface area contributed by atoms with Crippen LogP contribution in [-0.4, -0.2) is 22.4 Å². The zero-order chi connectivity index (χ0) is 10.0. The summed E-state index contributed by atoms with van der Waals surface area (Å²) in [5.41, 5.74) is -0.141. The second kappa shape index (κ2) is 5.35. The molecule has 0 unspecified atom stereocenters. The number of esters is 1. The highest BCUT2D eigenvalue weighted by atomic mass is 79.9. The molecule has 0 aliphatic heterocycles. The maximum absolute atomic E-state index is 11.2. The lowest BCUT2D eigenvalue weighted by Crippen LogP contribution is -2.11. The van der Waals surface area contributed by atoms with Crippen molar-refractivity contribution in [2.24, 2.45) is 7.05 Å². The second-order valence-electron chi connectivity index (χ2n) is 2.39. The number of aryl methyl sites for hydroxylation is 1. The summed E-state index contributed by atoms with van der Waals surface area (Å²) in [6, 6.07) is 0. The Morgan fingerprint density at radius 2 is 2.21 bits per heavy atom. The zero-order valence-corrected chi connectivity index (χ0v) is 11.0. The molecule has 0 saturated carbocycles. The van der Waals surface area contributed by atoms with Gasteiger partial charge in [-0.05, 0) is 22.9 Å². The Morgan fingerprint density at radius 1 is 1.64 bits per heavy atom. The summed E-state index contributed by atoms with van der Waals surface area (Å²) in [4.78, 5) is 22.4. The maximum Gasteiger partial charge on any atom is 0.357 e. The number of halogens is 2. The van der Waals surface area contributed by atoms with Gasteiger partial charge in [0.25, 0.3) is 5.56 Å². The molecule has 1 aromatic heterocycles. The first-order valence-electron chi connectivity index (χ1n) is 3.69. The normalized spacial score (nSPS) is 9.36. The van der Waals surface area contributed by atoms with E-state index in [1.54, 1.807) is 6.92 Å². The van der Waals surface area contributed by atoms with Crippen LogP contribution in [0, 0.1) is 0 Å². The highest BCUT2D eigenvalue weighted by Gasteiger charge is 2.17. The van der Waals surface area contributed by atoms with Gasteiger partial charge in [0, 0.05) is 7.05 Å². The molecular formula is C7H10Br2N2O3. The fourth-order valence-electron chi connectivity index (χ4n) is 0.860. The third kappa shape index (κ3) is 2.48. The van der Waals surface area contributed by atoms with E-state index in [1.807, 2.05) is 0 Å². The van der Waals surface area contributed by atoms with Gasteiger partial charge in [-0.25, -0.2) is 4.79 Å². The van der Waals surface area contributed by atoms with Crippen molar-refractivity contribution in [2.45, 2.75) is 6.92 Å². The van der Waals surface area contributed by atoms with E-state index in [2.05, 4.69) is 21.0 Å². The first-order chi connectivity index (χ1) is 6.07. The van der Waals surface area contributed by atoms with Crippen LogP contribution in [0.15, 0.2) is 9.27 Å². The van der Waals surface area contributed by atoms with Gasteiger partial charge in [-0.2, -0.15) is 0 Å². The molecule has 1 rings (SSSR count). The first-order valence-corrected chi connectivity index (χ1v) is 4.48. The molecule has 14 heavy (non-hydrogen) atoms. The summed E-state index contributed by atoms with van der Waals surface area (Å²) >= 11 is 3.01. The number of nitrogens with zero attached hydrogens (tertiary/aromatic N) is 1. The van der Waals surface area contributed by atoms with Crippen molar-refractivity contribution in [1.29, 1.82) is 0 Å². The average molecular weight is 330 g/mol. The van der Waals surface area contributed by atoms with Crippen molar-refractivity contribution < 1.29 is 9.53 Å². The van der Waals surface area contributed by atoms with Gasteiger partial charge >= 0.3 is 5.97 Å². The molecule has 80 valence electrons. The Morgan fingerprint density at radius 3 is 2.57 bits per heavy atom. The van der Waals surface area contributed by atoms with Crippen LogP contribution in [0.3, 0.4) is 0 Å². The molecule has 0 aromatic carbocycles. The van der Waals surface area contributed by atoms with Gasteiger partial charge in [0.1, 0.15) is 4.47 Å². The number of H-pyrrole nitrogens is 1. The minimum Gasteiger partial charge on any atom is -0.461 e. The summed E-state index contributed by atoms with van der Waals surface area (Å²) < 4.78 is 6.13. The molecule has 5 nitrogen and oxygen atoms in total. The fourth-order valence-corrected chi connectivity index (χ4v) is 1.38. The number of rotatable bonds is 2. The van der Waals surface area contributed by atoms with Crippen molar-refractivity contribution in [3.63, 3.8) is 0 Å². The SMILES string of the molecule is Br.CCOC(=O)c1[nH]n(C)c(=O)c1Br. The monoisotopic (exact) mass is 328 g/mol. The van der Waals surface area contributed by atoms with E-state index in [0.717, 1.165) is 0 Å². The standard InChI is InChI=1S/C7H9BrN2O3.BrH/c1-3-13-7(12)5-4(8)6(11)10(2)9-5;/h9H,3H2,1-2H3;1H. The van der Waals surface area contributed by atoms with Gasteiger partial charge in [0.05, 0.1) is 6.61 Å². The lowest BCUT2D eigenvalue weighted by molar-refractivity contribution is 0.0517. The first kappa shape index (κ1) is 13.4. The van der Waals surface area contributed by atoms with E-state index in [1.165, 1.54) is 11.7 Å². The molecule has 0 aliphatic rings. The van der Waals surface area contributed by atoms with Crippen molar-refractivity contribution in [1.82, 2.24) is 9.78 Å². The lowest BCUT2D eigenvalue weighted by atomic mass is 10.4. The van der Waals surface area contributed by atoms with Crippen molar-refractivity contribution >= 4 is 38.9 Å². The summed E-state index contributed by atoms with van der Waals surface area (Å²) in [6.45, 7) is 1.98. The van der Waals surface area contributed by atoms with Gasteiger partial charge in [0.2, 0.25) is 0 Å². The van der Waals surface area contributed by atoms with E-state index in [-0.39, 0.29) is 39.3 Å². The number of carbonyl (C=O) groups excluding carboxylic acids is 1.